The Morgan fingerprint density at radius 2 is 2.05 bits per heavy atom. The van der Waals surface area contributed by atoms with Gasteiger partial charge >= 0.3 is 0 Å². The molecule has 1 rings (SSSR count). The largest absolute Gasteiger partial charge is 0.392 e. The van der Waals surface area contributed by atoms with E-state index in [-0.39, 0.29) is 5.91 Å². The van der Waals surface area contributed by atoms with Crippen LogP contribution in [0.4, 0.5) is 0 Å². The third-order valence-electron chi connectivity index (χ3n) is 3.03. The normalized spacial score (nSPS) is 12.3. The number of likely N-dealkylation sites (N-methyl/N-ethyl adjacent to an activating group) is 1. The molecule has 1 atom stereocenters. The van der Waals surface area contributed by atoms with Crippen LogP contribution in [0.3, 0.4) is 0 Å². The summed E-state index contributed by atoms with van der Waals surface area (Å²) in [6.45, 7) is 6.28. The van der Waals surface area contributed by atoms with E-state index in [0.29, 0.717) is 13.0 Å². The molecule has 0 spiro atoms. The van der Waals surface area contributed by atoms with Gasteiger partial charge in [0.1, 0.15) is 0 Å². The van der Waals surface area contributed by atoms with Crippen LogP contribution in [-0.2, 0) is 4.79 Å². The lowest BCUT2D eigenvalue weighted by Gasteiger charge is -2.18. The van der Waals surface area contributed by atoms with E-state index in [9.17, 15) is 9.90 Å². The zero-order chi connectivity index (χ0) is 14.4. The van der Waals surface area contributed by atoms with Crippen LogP contribution in [-0.4, -0.2) is 41.4 Å². The number of aryl methyl sites for hydroxylation is 2. The van der Waals surface area contributed by atoms with Crippen molar-refractivity contribution in [3.8, 4) is 0 Å². The molecule has 1 aromatic rings. The molecule has 0 aliphatic carbocycles. The van der Waals surface area contributed by atoms with Crippen LogP contribution >= 0.6 is 11.8 Å². The average molecular weight is 281 g/mol. The van der Waals surface area contributed by atoms with Gasteiger partial charge < -0.3 is 10.0 Å². The highest BCUT2D eigenvalue weighted by atomic mass is 32.2. The van der Waals surface area contributed by atoms with Crippen molar-refractivity contribution in [2.45, 2.75) is 38.2 Å². The predicted octanol–water partition coefficient (Wildman–Crippen LogP) is 2.62. The van der Waals surface area contributed by atoms with Crippen molar-refractivity contribution in [2.24, 2.45) is 0 Å². The fourth-order valence-corrected chi connectivity index (χ4v) is 2.69. The number of aliphatic hydroxyl groups is 1. The van der Waals surface area contributed by atoms with Crippen LogP contribution in [0.1, 0.15) is 24.5 Å². The zero-order valence-corrected chi connectivity index (χ0v) is 13.0. The van der Waals surface area contributed by atoms with Crippen LogP contribution in [0.5, 0.6) is 0 Å². The summed E-state index contributed by atoms with van der Waals surface area (Å²) in [6.07, 6.45) is 0.0298. The number of rotatable bonds is 6. The maximum atomic E-state index is 11.8. The summed E-state index contributed by atoms with van der Waals surface area (Å²) in [5.41, 5.74) is 2.57. The van der Waals surface area contributed by atoms with Gasteiger partial charge in [-0.1, -0.05) is 6.07 Å². The van der Waals surface area contributed by atoms with E-state index >= 15 is 0 Å². The summed E-state index contributed by atoms with van der Waals surface area (Å²) >= 11 is 1.70. The SMILES string of the molecule is Cc1ccc(SCCC(=O)N(C)CC(C)O)cc1C. The first-order valence-corrected chi connectivity index (χ1v) is 7.50. The van der Waals surface area contributed by atoms with Crippen molar-refractivity contribution in [1.82, 2.24) is 4.90 Å². The first-order chi connectivity index (χ1) is 8.90. The molecule has 0 aromatic heterocycles. The second kappa shape index (κ2) is 7.56. The Labute approximate surface area is 120 Å². The van der Waals surface area contributed by atoms with Crippen LogP contribution in [0, 0.1) is 13.8 Å². The maximum absolute atomic E-state index is 11.8. The molecule has 1 unspecified atom stereocenters. The Bertz CT molecular complexity index is 432. The van der Waals surface area contributed by atoms with Gasteiger partial charge in [0.05, 0.1) is 6.10 Å². The molecule has 0 heterocycles. The summed E-state index contributed by atoms with van der Waals surface area (Å²) in [5.74, 6) is 0.850. The number of amides is 1. The third kappa shape index (κ3) is 5.66. The van der Waals surface area contributed by atoms with E-state index in [1.807, 2.05) is 0 Å². The van der Waals surface area contributed by atoms with E-state index in [2.05, 4.69) is 32.0 Å². The van der Waals surface area contributed by atoms with E-state index in [0.717, 1.165) is 5.75 Å². The maximum Gasteiger partial charge on any atom is 0.223 e. The lowest BCUT2D eigenvalue weighted by Crippen LogP contribution is -2.33. The van der Waals surface area contributed by atoms with E-state index < -0.39 is 6.10 Å². The fourth-order valence-electron chi connectivity index (χ4n) is 1.75. The standard InChI is InChI=1S/C15H23NO2S/c1-11-5-6-14(9-12(11)2)19-8-7-15(18)16(4)10-13(3)17/h5-6,9,13,17H,7-8,10H2,1-4H3. The number of carbonyl (C=O) groups excluding carboxylic acids is 1. The molecule has 1 N–H and O–H groups in total. The van der Waals surface area contributed by atoms with E-state index in [4.69, 9.17) is 0 Å². The van der Waals surface area contributed by atoms with Crippen molar-refractivity contribution in [3.63, 3.8) is 0 Å². The van der Waals surface area contributed by atoms with Gasteiger partial charge in [-0.3, -0.25) is 4.79 Å². The fraction of sp³-hybridized carbons (Fsp3) is 0.533. The van der Waals surface area contributed by atoms with Crippen LogP contribution < -0.4 is 0 Å². The highest BCUT2D eigenvalue weighted by Crippen LogP contribution is 2.21. The summed E-state index contributed by atoms with van der Waals surface area (Å²) < 4.78 is 0. The van der Waals surface area contributed by atoms with Crippen LogP contribution in [0.25, 0.3) is 0 Å². The number of hydrogen-bond acceptors (Lipinski definition) is 3. The van der Waals surface area contributed by atoms with Crippen molar-refractivity contribution in [3.05, 3.63) is 29.3 Å². The van der Waals surface area contributed by atoms with E-state index in [1.165, 1.54) is 16.0 Å². The first kappa shape index (κ1) is 16.1. The molecule has 1 amide bonds. The molecule has 106 valence electrons. The van der Waals surface area contributed by atoms with Gasteiger partial charge in [0.2, 0.25) is 5.91 Å². The average Bonchev–Trinajstić information content (AvgIpc) is 2.32. The highest BCUT2D eigenvalue weighted by Gasteiger charge is 2.10. The molecule has 19 heavy (non-hydrogen) atoms. The zero-order valence-electron chi connectivity index (χ0n) is 12.1. The number of thioether (sulfide) groups is 1. The van der Waals surface area contributed by atoms with Crippen molar-refractivity contribution < 1.29 is 9.90 Å². The monoisotopic (exact) mass is 281 g/mol. The lowest BCUT2D eigenvalue weighted by atomic mass is 10.1. The molecule has 4 heteroatoms. The molecule has 0 bridgehead atoms. The third-order valence-corrected chi connectivity index (χ3v) is 4.02. The molecule has 0 fully saturated rings. The van der Waals surface area contributed by atoms with Crippen LogP contribution in [0.2, 0.25) is 0 Å². The minimum atomic E-state index is -0.471. The Morgan fingerprint density at radius 3 is 2.63 bits per heavy atom. The van der Waals surface area contributed by atoms with E-state index in [1.54, 1.807) is 30.6 Å². The quantitative estimate of drug-likeness (QED) is 0.815. The number of nitrogens with zero attached hydrogens (tertiary/aromatic N) is 1. The summed E-state index contributed by atoms with van der Waals surface area (Å²) in [6, 6.07) is 6.36. The van der Waals surface area contributed by atoms with Crippen molar-refractivity contribution in [1.29, 1.82) is 0 Å². The minimum absolute atomic E-state index is 0.0808. The van der Waals surface area contributed by atoms with Gasteiger partial charge in [-0.2, -0.15) is 0 Å². The smallest absolute Gasteiger partial charge is 0.223 e. The van der Waals surface area contributed by atoms with Gasteiger partial charge in [-0.25, -0.2) is 0 Å². The van der Waals surface area contributed by atoms with Crippen molar-refractivity contribution in [2.75, 3.05) is 19.3 Å². The summed E-state index contributed by atoms with van der Waals surface area (Å²) in [7, 11) is 1.73. The highest BCUT2D eigenvalue weighted by molar-refractivity contribution is 7.99. The summed E-state index contributed by atoms with van der Waals surface area (Å²) in [5, 5.41) is 9.23. The van der Waals surface area contributed by atoms with Gasteiger partial charge in [0.15, 0.2) is 0 Å². The number of hydrogen-bond donors (Lipinski definition) is 1. The second-order valence-electron chi connectivity index (χ2n) is 4.97. The number of aliphatic hydroxyl groups excluding tert-OH is 1. The molecule has 0 radical (unpaired) electrons. The van der Waals surface area contributed by atoms with Gasteiger partial charge in [0, 0.05) is 30.7 Å². The van der Waals surface area contributed by atoms with Crippen molar-refractivity contribution >= 4 is 17.7 Å². The molecular formula is C15H23NO2S. The Morgan fingerprint density at radius 1 is 1.37 bits per heavy atom. The molecule has 0 aliphatic heterocycles. The van der Waals surface area contributed by atoms with Gasteiger partial charge in [0.25, 0.3) is 0 Å². The lowest BCUT2D eigenvalue weighted by molar-refractivity contribution is -0.130. The topological polar surface area (TPSA) is 40.5 Å². The molecule has 3 nitrogen and oxygen atoms in total. The Balaban J connectivity index is 2.37. The van der Waals surface area contributed by atoms with Gasteiger partial charge in [-0.15, -0.1) is 11.8 Å². The predicted molar refractivity (Wildman–Crippen MR) is 80.6 cm³/mol. The second-order valence-corrected chi connectivity index (χ2v) is 6.14. The molecule has 0 aliphatic rings. The Kier molecular flexibility index (Phi) is 6.38. The molecule has 1 aromatic carbocycles. The summed E-state index contributed by atoms with van der Waals surface area (Å²) in [4.78, 5) is 14.6. The van der Waals surface area contributed by atoms with Gasteiger partial charge in [-0.05, 0) is 44.0 Å². The number of benzene rings is 1. The number of carbonyl (C=O) groups is 1. The van der Waals surface area contributed by atoms with Crippen LogP contribution in [0.15, 0.2) is 23.1 Å². The minimum Gasteiger partial charge on any atom is -0.392 e. The first-order valence-electron chi connectivity index (χ1n) is 6.52. The molecule has 0 saturated heterocycles. The molecule has 0 saturated carbocycles. The molecular weight excluding hydrogens is 258 g/mol. The Hall–Kier alpha value is -1.00.